The lowest BCUT2D eigenvalue weighted by molar-refractivity contribution is -0.123. The quantitative estimate of drug-likeness (QED) is 0.868. The zero-order valence-corrected chi connectivity index (χ0v) is 11.3. The highest BCUT2D eigenvalue weighted by Gasteiger charge is 2.32. The fourth-order valence-electron chi connectivity index (χ4n) is 3.65. The van der Waals surface area contributed by atoms with Crippen LogP contribution in [0.1, 0.15) is 36.8 Å². The number of amides is 1. The second-order valence-corrected chi connectivity index (χ2v) is 5.94. The van der Waals surface area contributed by atoms with Crippen LogP contribution in [0.15, 0.2) is 24.3 Å². The molecule has 0 aliphatic heterocycles. The van der Waals surface area contributed by atoms with E-state index in [1.165, 1.54) is 17.5 Å². The first kappa shape index (κ1) is 12.7. The standard InChI is InChI=1S/C16H22N2O/c17-16(19)14-7-3-4-8-15(14)18-13-9-11-5-1-2-6-12(11)10-13/h1-2,5-6,13-15,18H,3-4,7-10H2,(H2,17,19)/t14-,15+/m1/s1. The van der Waals surface area contributed by atoms with Gasteiger partial charge in [-0.05, 0) is 36.8 Å². The summed E-state index contributed by atoms with van der Waals surface area (Å²) in [7, 11) is 0. The van der Waals surface area contributed by atoms with Crippen LogP contribution in [-0.2, 0) is 17.6 Å². The third-order valence-corrected chi connectivity index (χ3v) is 4.63. The average molecular weight is 258 g/mol. The Kier molecular flexibility index (Phi) is 3.56. The molecule has 19 heavy (non-hydrogen) atoms. The lowest BCUT2D eigenvalue weighted by Gasteiger charge is -2.32. The smallest absolute Gasteiger partial charge is 0.222 e. The van der Waals surface area contributed by atoms with Crippen LogP contribution < -0.4 is 11.1 Å². The zero-order chi connectivity index (χ0) is 13.2. The van der Waals surface area contributed by atoms with Gasteiger partial charge in [0.2, 0.25) is 5.91 Å². The summed E-state index contributed by atoms with van der Waals surface area (Å²) in [6.07, 6.45) is 6.54. The molecule has 2 atom stereocenters. The summed E-state index contributed by atoms with van der Waals surface area (Å²) < 4.78 is 0. The van der Waals surface area contributed by atoms with E-state index in [1.54, 1.807) is 0 Å². The average Bonchev–Trinajstić information content (AvgIpc) is 2.81. The summed E-state index contributed by atoms with van der Waals surface area (Å²) in [6, 6.07) is 9.39. The normalized spacial score (nSPS) is 27.2. The molecule has 0 bridgehead atoms. The molecule has 3 heteroatoms. The van der Waals surface area contributed by atoms with Gasteiger partial charge in [-0.2, -0.15) is 0 Å². The molecule has 3 nitrogen and oxygen atoms in total. The summed E-state index contributed by atoms with van der Waals surface area (Å²) >= 11 is 0. The highest BCUT2D eigenvalue weighted by atomic mass is 16.1. The van der Waals surface area contributed by atoms with Gasteiger partial charge in [-0.3, -0.25) is 4.79 Å². The molecule has 102 valence electrons. The van der Waals surface area contributed by atoms with Gasteiger partial charge in [-0.25, -0.2) is 0 Å². The summed E-state index contributed by atoms with van der Waals surface area (Å²) in [5, 5.41) is 3.70. The van der Waals surface area contributed by atoms with E-state index in [0.717, 1.165) is 32.1 Å². The van der Waals surface area contributed by atoms with Gasteiger partial charge in [0.1, 0.15) is 0 Å². The van der Waals surface area contributed by atoms with Crippen molar-refractivity contribution in [1.82, 2.24) is 5.32 Å². The van der Waals surface area contributed by atoms with Crippen molar-refractivity contribution in [1.29, 1.82) is 0 Å². The van der Waals surface area contributed by atoms with E-state index >= 15 is 0 Å². The highest BCUT2D eigenvalue weighted by molar-refractivity contribution is 5.77. The van der Waals surface area contributed by atoms with Gasteiger partial charge in [-0.1, -0.05) is 37.1 Å². The Morgan fingerprint density at radius 3 is 2.37 bits per heavy atom. The summed E-state index contributed by atoms with van der Waals surface area (Å²) in [5.41, 5.74) is 8.44. The summed E-state index contributed by atoms with van der Waals surface area (Å²) in [5.74, 6) is -0.106. The molecular formula is C16H22N2O. The van der Waals surface area contributed by atoms with Crippen molar-refractivity contribution in [3.8, 4) is 0 Å². The van der Waals surface area contributed by atoms with E-state index in [9.17, 15) is 4.79 Å². The molecule has 0 aromatic heterocycles. The topological polar surface area (TPSA) is 55.1 Å². The zero-order valence-electron chi connectivity index (χ0n) is 11.3. The van der Waals surface area contributed by atoms with E-state index < -0.39 is 0 Å². The molecule has 1 fully saturated rings. The number of fused-ring (bicyclic) bond motifs is 1. The number of carbonyl (C=O) groups excluding carboxylic acids is 1. The van der Waals surface area contributed by atoms with Gasteiger partial charge in [-0.15, -0.1) is 0 Å². The molecule has 0 unspecified atom stereocenters. The predicted octanol–water partition coefficient (Wildman–Crippen LogP) is 1.79. The number of carbonyl (C=O) groups is 1. The van der Waals surface area contributed by atoms with Crippen molar-refractivity contribution in [2.45, 2.75) is 50.6 Å². The van der Waals surface area contributed by atoms with Crippen LogP contribution in [0.5, 0.6) is 0 Å². The minimum atomic E-state index is -0.132. The molecule has 0 spiro atoms. The molecule has 0 saturated heterocycles. The monoisotopic (exact) mass is 258 g/mol. The van der Waals surface area contributed by atoms with Gasteiger partial charge in [0.05, 0.1) is 5.92 Å². The fourth-order valence-corrected chi connectivity index (χ4v) is 3.65. The Hall–Kier alpha value is -1.35. The first-order chi connectivity index (χ1) is 9.24. The Bertz CT molecular complexity index is 447. The van der Waals surface area contributed by atoms with Crippen LogP contribution in [0.4, 0.5) is 0 Å². The number of hydrogen-bond acceptors (Lipinski definition) is 2. The van der Waals surface area contributed by atoms with Crippen LogP contribution in [0, 0.1) is 5.92 Å². The van der Waals surface area contributed by atoms with Crippen LogP contribution in [-0.4, -0.2) is 18.0 Å². The maximum absolute atomic E-state index is 11.5. The molecular weight excluding hydrogens is 236 g/mol. The van der Waals surface area contributed by atoms with Crippen LogP contribution in [0.2, 0.25) is 0 Å². The first-order valence-electron chi connectivity index (χ1n) is 7.36. The number of hydrogen-bond donors (Lipinski definition) is 2. The molecule has 3 N–H and O–H groups in total. The molecule has 0 radical (unpaired) electrons. The van der Waals surface area contributed by atoms with Crippen LogP contribution in [0.25, 0.3) is 0 Å². The minimum absolute atomic E-state index is 0.0254. The van der Waals surface area contributed by atoms with Gasteiger partial charge in [0, 0.05) is 12.1 Å². The first-order valence-corrected chi connectivity index (χ1v) is 7.36. The molecule has 1 aromatic carbocycles. The van der Waals surface area contributed by atoms with Gasteiger partial charge >= 0.3 is 0 Å². The van der Waals surface area contributed by atoms with E-state index in [2.05, 4.69) is 29.6 Å². The third-order valence-electron chi connectivity index (χ3n) is 4.63. The number of rotatable bonds is 3. The maximum Gasteiger partial charge on any atom is 0.222 e. The summed E-state index contributed by atoms with van der Waals surface area (Å²) in [4.78, 5) is 11.5. The van der Waals surface area contributed by atoms with Crippen LogP contribution >= 0.6 is 0 Å². The lowest BCUT2D eigenvalue weighted by atomic mass is 9.83. The van der Waals surface area contributed by atoms with Gasteiger partial charge < -0.3 is 11.1 Å². The molecule has 2 aliphatic rings. The Morgan fingerprint density at radius 1 is 1.11 bits per heavy atom. The summed E-state index contributed by atoms with van der Waals surface area (Å²) in [6.45, 7) is 0. The largest absolute Gasteiger partial charge is 0.369 e. The minimum Gasteiger partial charge on any atom is -0.369 e. The van der Waals surface area contributed by atoms with Crippen molar-refractivity contribution in [3.63, 3.8) is 0 Å². The SMILES string of the molecule is NC(=O)[C@@H]1CCCC[C@@H]1NC1Cc2ccccc2C1. The van der Waals surface area contributed by atoms with Crippen molar-refractivity contribution in [3.05, 3.63) is 35.4 Å². The van der Waals surface area contributed by atoms with Crippen molar-refractivity contribution in [2.75, 3.05) is 0 Å². The number of nitrogens with two attached hydrogens (primary N) is 1. The highest BCUT2D eigenvalue weighted by Crippen LogP contribution is 2.27. The van der Waals surface area contributed by atoms with Gasteiger partial charge in [0.25, 0.3) is 0 Å². The van der Waals surface area contributed by atoms with Crippen molar-refractivity contribution < 1.29 is 4.79 Å². The van der Waals surface area contributed by atoms with E-state index in [0.29, 0.717) is 6.04 Å². The number of benzene rings is 1. The molecule has 1 aromatic rings. The van der Waals surface area contributed by atoms with Crippen molar-refractivity contribution in [2.24, 2.45) is 11.7 Å². The van der Waals surface area contributed by atoms with E-state index in [1.807, 2.05) is 0 Å². The Balaban J connectivity index is 1.64. The molecule has 1 saturated carbocycles. The predicted molar refractivity (Wildman–Crippen MR) is 75.7 cm³/mol. The fraction of sp³-hybridized carbons (Fsp3) is 0.562. The van der Waals surface area contributed by atoms with E-state index in [4.69, 9.17) is 5.73 Å². The molecule has 3 rings (SSSR count). The number of nitrogens with one attached hydrogen (secondary N) is 1. The lowest BCUT2D eigenvalue weighted by Crippen LogP contribution is -2.48. The van der Waals surface area contributed by atoms with Crippen molar-refractivity contribution >= 4 is 5.91 Å². The third kappa shape index (κ3) is 2.66. The Labute approximate surface area is 114 Å². The maximum atomic E-state index is 11.5. The molecule has 1 amide bonds. The van der Waals surface area contributed by atoms with Crippen LogP contribution in [0.3, 0.4) is 0 Å². The van der Waals surface area contributed by atoms with E-state index in [-0.39, 0.29) is 17.9 Å². The molecule has 2 aliphatic carbocycles. The Morgan fingerprint density at radius 2 is 1.74 bits per heavy atom. The second-order valence-electron chi connectivity index (χ2n) is 5.94. The second kappa shape index (κ2) is 5.33. The number of primary amides is 1. The van der Waals surface area contributed by atoms with Gasteiger partial charge in [0.15, 0.2) is 0 Å². The molecule has 0 heterocycles.